The van der Waals surface area contributed by atoms with Crippen LogP contribution >= 0.6 is 0 Å². The van der Waals surface area contributed by atoms with Gasteiger partial charge in [0.15, 0.2) is 0 Å². The van der Waals surface area contributed by atoms with Gasteiger partial charge in [0.05, 0.1) is 4.90 Å². The van der Waals surface area contributed by atoms with E-state index in [0.717, 1.165) is 5.69 Å². The maximum Gasteiger partial charge on any atom is 0.241 e. The first kappa shape index (κ1) is 16.5. The van der Waals surface area contributed by atoms with Gasteiger partial charge < -0.3 is 11.1 Å². The number of amides is 1. The standard InChI is InChI=1S/C13H21N3O3S/c1-9-7-11(15-3)8-10(2)13(9)20(18,19)16-6-4-5-12(14)17/h7-8,15-16H,4-6H2,1-3H3,(H2,14,17). The first-order valence-electron chi connectivity index (χ1n) is 6.35. The van der Waals surface area contributed by atoms with Crippen molar-refractivity contribution in [2.24, 2.45) is 5.73 Å². The highest BCUT2D eigenvalue weighted by molar-refractivity contribution is 7.89. The third kappa shape index (κ3) is 4.21. The summed E-state index contributed by atoms with van der Waals surface area (Å²) in [5.74, 6) is -0.435. The fraction of sp³-hybridized carbons (Fsp3) is 0.462. The van der Waals surface area contributed by atoms with Gasteiger partial charge in [-0.2, -0.15) is 0 Å². The highest BCUT2D eigenvalue weighted by atomic mass is 32.2. The Hall–Kier alpha value is -1.60. The summed E-state index contributed by atoms with van der Waals surface area (Å²) in [6.45, 7) is 3.70. The average Bonchev–Trinajstić information content (AvgIpc) is 2.33. The maximum absolute atomic E-state index is 12.3. The smallest absolute Gasteiger partial charge is 0.241 e. The number of carbonyl (C=O) groups excluding carboxylic acids is 1. The summed E-state index contributed by atoms with van der Waals surface area (Å²) in [6.07, 6.45) is 0.556. The lowest BCUT2D eigenvalue weighted by atomic mass is 10.1. The molecule has 6 nitrogen and oxygen atoms in total. The minimum atomic E-state index is -3.57. The van der Waals surface area contributed by atoms with Gasteiger partial charge in [-0.15, -0.1) is 0 Å². The number of carbonyl (C=O) groups is 1. The molecular formula is C13H21N3O3S. The van der Waals surface area contributed by atoms with E-state index in [2.05, 4.69) is 10.0 Å². The molecule has 1 amide bonds. The van der Waals surface area contributed by atoms with Crippen LogP contribution in [0.15, 0.2) is 17.0 Å². The zero-order valence-electron chi connectivity index (χ0n) is 12.0. The van der Waals surface area contributed by atoms with Crippen LogP contribution in [0.1, 0.15) is 24.0 Å². The second-order valence-electron chi connectivity index (χ2n) is 4.66. The van der Waals surface area contributed by atoms with E-state index in [4.69, 9.17) is 5.73 Å². The summed E-state index contributed by atoms with van der Waals surface area (Å²) in [4.78, 5) is 10.9. The van der Waals surface area contributed by atoms with Gasteiger partial charge >= 0.3 is 0 Å². The highest BCUT2D eigenvalue weighted by Crippen LogP contribution is 2.24. The zero-order valence-corrected chi connectivity index (χ0v) is 12.8. The first-order valence-corrected chi connectivity index (χ1v) is 7.83. The first-order chi connectivity index (χ1) is 9.27. The number of hydrogen-bond donors (Lipinski definition) is 3. The molecule has 1 aromatic carbocycles. The number of benzene rings is 1. The van der Waals surface area contributed by atoms with Gasteiger partial charge in [-0.1, -0.05) is 0 Å². The Morgan fingerprint density at radius 2 is 1.80 bits per heavy atom. The Morgan fingerprint density at radius 3 is 2.25 bits per heavy atom. The molecular weight excluding hydrogens is 278 g/mol. The van der Waals surface area contributed by atoms with Crippen LogP contribution < -0.4 is 15.8 Å². The van der Waals surface area contributed by atoms with Gasteiger partial charge in [-0.25, -0.2) is 13.1 Å². The average molecular weight is 299 g/mol. The number of aryl methyl sites for hydroxylation is 2. The van der Waals surface area contributed by atoms with Gasteiger partial charge in [0.2, 0.25) is 15.9 Å². The summed E-state index contributed by atoms with van der Waals surface area (Å²) in [5, 5.41) is 2.99. The van der Waals surface area contributed by atoms with Crippen LogP contribution in [0.3, 0.4) is 0 Å². The quantitative estimate of drug-likeness (QED) is 0.651. The molecule has 0 heterocycles. The van der Waals surface area contributed by atoms with E-state index in [0.29, 0.717) is 17.5 Å². The van der Waals surface area contributed by atoms with Gasteiger partial charge in [0.1, 0.15) is 0 Å². The third-order valence-corrected chi connectivity index (χ3v) is 4.68. The highest BCUT2D eigenvalue weighted by Gasteiger charge is 2.19. The maximum atomic E-state index is 12.3. The molecule has 0 spiro atoms. The molecule has 1 aromatic rings. The lowest BCUT2D eigenvalue weighted by Gasteiger charge is -2.13. The molecule has 0 aliphatic heterocycles. The van der Waals surface area contributed by atoms with Crippen molar-refractivity contribution in [3.63, 3.8) is 0 Å². The predicted octanol–water partition coefficient (Wildman–Crippen LogP) is 0.889. The van der Waals surface area contributed by atoms with Crippen LogP contribution in [0.5, 0.6) is 0 Å². The van der Waals surface area contributed by atoms with Crippen molar-refractivity contribution < 1.29 is 13.2 Å². The lowest BCUT2D eigenvalue weighted by Crippen LogP contribution is -2.27. The van der Waals surface area contributed by atoms with Crippen molar-refractivity contribution in [1.82, 2.24) is 4.72 Å². The Bertz CT molecular complexity index is 574. The van der Waals surface area contributed by atoms with Crippen LogP contribution in [-0.2, 0) is 14.8 Å². The molecule has 112 valence electrons. The van der Waals surface area contributed by atoms with Crippen molar-refractivity contribution >= 4 is 21.6 Å². The van der Waals surface area contributed by atoms with E-state index in [1.54, 1.807) is 33.0 Å². The number of sulfonamides is 1. The Kier molecular flexibility index (Phi) is 5.52. The number of rotatable bonds is 7. The van der Waals surface area contributed by atoms with Gasteiger partial charge in [-0.3, -0.25) is 4.79 Å². The van der Waals surface area contributed by atoms with Crippen LogP contribution in [-0.4, -0.2) is 27.9 Å². The molecule has 0 unspecified atom stereocenters. The second kappa shape index (κ2) is 6.71. The molecule has 20 heavy (non-hydrogen) atoms. The summed E-state index contributed by atoms with van der Waals surface area (Å²) >= 11 is 0. The van der Waals surface area contributed by atoms with Crippen LogP contribution in [0.4, 0.5) is 5.69 Å². The molecule has 0 aromatic heterocycles. The number of hydrogen-bond acceptors (Lipinski definition) is 4. The molecule has 4 N–H and O–H groups in total. The third-order valence-electron chi connectivity index (χ3n) is 2.91. The minimum absolute atomic E-state index is 0.166. The summed E-state index contributed by atoms with van der Waals surface area (Å²) in [6, 6.07) is 3.57. The molecule has 0 fully saturated rings. The van der Waals surface area contributed by atoms with Gasteiger partial charge in [0.25, 0.3) is 0 Å². The van der Waals surface area contributed by atoms with E-state index < -0.39 is 15.9 Å². The van der Waals surface area contributed by atoms with Crippen molar-refractivity contribution in [3.8, 4) is 0 Å². The molecule has 0 saturated carbocycles. The van der Waals surface area contributed by atoms with Crippen molar-refractivity contribution in [2.75, 3.05) is 18.9 Å². The normalized spacial score (nSPS) is 11.3. The monoisotopic (exact) mass is 299 g/mol. The molecule has 0 aliphatic carbocycles. The second-order valence-corrected chi connectivity index (χ2v) is 6.36. The largest absolute Gasteiger partial charge is 0.388 e. The fourth-order valence-electron chi connectivity index (χ4n) is 2.06. The van der Waals surface area contributed by atoms with Gasteiger partial charge in [-0.05, 0) is 43.5 Å². The summed E-state index contributed by atoms with van der Waals surface area (Å²) in [7, 11) is -1.79. The molecule has 7 heteroatoms. The number of primary amides is 1. The van der Waals surface area contributed by atoms with E-state index in [9.17, 15) is 13.2 Å². The number of nitrogens with one attached hydrogen (secondary N) is 2. The lowest BCUT2D eigenvalue weighted by molar-refractivity contribution is -0.118. The van der Waals surface area contributed by atoms with Gasteiger partial charge in [0, 0.05) is 25.7 Å². The van der Waals surface area contributed by atoms with E-state index in [-0.39, 0.29) is 17.9 Å². The molecule has 1 rings (SSSR count). The van der Waals surface area contributed by atoms with E-state index >= 15 is 0 Å². The minimum Gasteiger partial charge on any atom is -0.388 e. The summed E-state index contributed by atoms with van der Waals surface area (Å²) in [5.41, 5.74) is 7.23. The molecule has 0 aliphatic rings. The van der Waals surface area contributed by atoms with Crippen LogP contribution in [0.2, 0.25) is 0 Å². The van der Waals surface area contributed by atoms with E-state index in [1.807, 2.05) is 0 Å². The number of nitrogens with two attached hydrogens (primary N) is 1. The van der Waals surface area contributed by atoms with Crippen LogP contribution in [0.25, 0.3) is 0 Å². The van der Waals surface area contributed by atoms with Crippen LogP contribution in [0, 0.1) is 13.8 Å². The molecule has 0 radical (unpaired) electrons. The molecule has 0 atom stereocenters. The van der Waals surface area contributed by atoms with Crippen molar-refractivity contribution in [3.05, 3.63) is 23.3 Å². The van der Waals surface area contributed by atoms with Crippen molar-refractivity contribution in [1.29, 1.82) is 0 Å². The molecule has 0 saturated heterocycles. The Balaban J connectivity index is 2.90. The fourth-order valence-corrected chi connectivity index (χ4v) is 3.58. The van der Waals surface area contributed by atoms with Crippen molar-refractivity contribution in [2.45, 2.75) is 31.6 Å². The zero-order chi connectivity index (χ0) is 15.3. The number of anilines is 1. The SMILES string of the molecule is CNc1cc(C)c(S(=O)(=O)NCCCC(N)=O)c(C)c1. The predicted molar refractivity (Wildman–Crippen MR) is 79.1 cm³/mol. The summed E-state index contributed by atoms with van der Waals surface area (Å²) < 4.78 is 27.0. The van der Waals surface area contributed by atoms with E-state index in [1.165, 1.54) is 0 Å². The Morgan fingerprint density at radius 1 is 1.25 bits per heavy atom. The molecule has 0 bridgehead atoms. The topological polar surface area (TPSA) is 101 Å². The Labute approximate surface area is 119 Å².